The number of methoxy groups -OCH3 is 1. The number of benzene rings is 1. The molecule has 0 bridgehead atoms. The van der Waals surface area contributed by atoms with Crippen molar-refractivity contribution in [2.45, 2.75) is 42.2 Å². The second-order valence-corrected chi connectivity index (χ2v) is 7.72. The number of fused-ring (bicyclic) bond motifs is 1. The van der Waals surface area contributed by atoms with Crippen LogP contribution < -0.4 is 5.73 Å². The summed E-state index contributed by atoms with van der Waals surface area (Å²) in [5, 5.41) is 0.434. The molecule has 1 aromatic rings. The maximum atomic E-state index is 12.4. The molecule has 21 heavy (non-hydrogen) atoms. The lowest BCUT2D eigenvalue weighted by molar-refractivity contribution is -0.153. The van der Waals surface area contributed by atoms with Gasteiger partial charge in [0.25, 0.3) is 0 Å². The van der Waals surface area contributed by atoms with Gasteiger partial charge in [-0.05, 0) is 36.8 Å². The summed E-state index contributed by atoms with van der Waals surface area (Å²) in [7, 11) is 1.48. The number of hydrogen-bond acceptors (Lipinski definition) is 4. The minimum Gasteiger partial charge on any atom is -0.469 e. The van der Waals surface area contributed by atoms with E-state index in [0.29, 0.717) is 17.7 Å². The largest absolute Gasteiger partial charge is 0.469 e. The minimum atomic E-state index is -0.490. The molecule has 2 aliphatic rings. The van der Waals surface area contributed by atoms with Crippen molar-refractivity contribution < 1.29 is 9.53 Å². The van der Waals surface area contributed by atoms with E-state index in [0.717, 1.165) is 19.3 Å². The van der Waals surface area contributed by atoms with Crippen LogP contribution in [0.3, 0.4) is 0 Å². The standard InChI is InChI=1S/C17H23NO2S/c1-20-16(19)17(11-18,9-12-6-7-12)10-14-8-13-4-2-3-5-15(13)21-14/h2-5,12,14H,6-11,18H2,1H3. The maximum absolute atomic E-state index is 12.4. The molecule has 1 heterocycles. The van der Waals surface area contributed by atoms with Gasteiger partial charge < -0.3 is 10.5 Å². The Labute approximate surface area is 130 Å². The van der Waals surface area contributed by atoms with Gasteiger partial charge in [0.15, 0.2) is 0 Å². The second-order valence-electron chi connectivity index (χ2n) is 6.38. The summed E-state index contributed by atoms with van der Waals surface area (Å²) in [6, 6.07) is 8.52. The van der Waals surface area contributed by atoms with E-state index in [2.05, 4.69) is 24.3 Å². The fraction of sp³-hybridized carbons (Fsp3) is 0.588. The lowest BCUT2D eigenvalue weighted by atomic mass is 9.77. The first-order valence-electron chi connectivity index (χ1n) is 7.70. The number of carbonyl (C=O) groups excluding carboxylic acids is 1. The molecule has 3 nitrogen and oxygen atoms in total. The number of hydrogen-bond donors (Lipinski definition) is 1. The van der Waals surface area contributed by atoms with Crippen LogP contribution in [0.25, 0.3) is 0 Å². The van der Waals surface area contributed by atoms with Gasteiger partial charge in [-0.15, -0.1) is 11.8 Å². The van der Waals surface area contributed by atoms with Crippen molar-refractivity contribution >= 4 is 17.7 Å². The highest BCUT2D eigenvalue weighted by Gasteiger charge is 2.45. The Morgan fingerprint density at radius 1 is 1.38 bits per heavy atom. The van der Waals surface area contributed by atoms with Crippen LogP contribution in [0.2, 0.25) is 0 Å². The molecular weight excluding hydrogens is 282 g/mol. The average Bonchev–Trinajstić information content (AvgIpc) is 3.22. The van der Waals surface area contributed by atoms with Crippen LogP contribution in [-0.2, 0) is 16.0 Å². The summed E-state index contributed by atoms with van der Waals surface area (Å²) in [6.07, 6.45) is 5.22. The SMILES string of the molecule is COC(=O)C(CN)(CC1CC1)CC1Cc2ccccc2S1. The van der Waals surface area contributed by atoms with Crippen molar-refractivity contribution in [2.24, 2.45) is 17.1 Å². The van der Waals surface area contributed by atoms with Crippen molar-refractivity contribution in [3.8, 4) is 0 Å². The Kier molecular flexibility index (Phi) is 4.27. The van der Waals surface area contributed by atoms with Gasteiger partial charge in [-0.1, -0.05) is 31.0 Å². The third-order valence-corrected chi connectivity index (χ3v) is 6.04. The molecule has 2 N–H and O–H groups in total. The first kappa shape index (κ1) is 14.9. The van der Waals surface area contributed by atoms with Crippen LogP contribution in [0.1, 0.15) is 31.2 Å². The molecule has 1 fully saturated rings. The minimum absolute atomic E-state index is 0.117. The number of esters is 1. The fourth-order valence-electron chi connectivity index (χ4n) is 3.39. The summed E-state index contributed by atoms with van der Waals surface area (Å²) in [5.41, 5.74) is 6.94. The van der Waals surface area contributed by atoms with Crippen molar-refractivity contribution in [1.82, 2.24) is 0 Å². The highest BCUT2D eigenvalue weighted by atomic mass is 32.2. The van der Waals surface area contributed by atoms with Crippen molar-refractivity contribution in [1.29, 1.82) is 0 Å². The predicted molar refractivity (Wildman–Crippen MR) is 85.3 cm³/mol. The number of thioether (sulfide) groups is 1. The molecule has 1 aliphatic carbocycles. The zero-order valence-electron chi connectivity index (χ0n) is 12.5. The van der Waals surface area contributed by atoms with Gasteiger partial charge in [0.2, 0.25) is 0 Å². The quantitative estimate of drug-likeness (QED) is 0.821. The molecule has 0 spiro atoms. The van der Waals surface area contributed by atoms with E-state index >= 15 is 0 Å². The predicted octanol–water partition coefficient (Wildman–Crippen LogP) is 3.01. The zero-order valence-corrected chi connectivity index (χ0v) is 13.3. The first-order chi connectivity index (χ1) is 10.2. The molecule has 1 aromatic carbocycles. The Hall–Kier alpha value is -1.00. The van der Waals surface area contributed by atoms with Crippen molar-refractivity contribution in [3.05, 3.63) is 29.8 Å². The molecule has 114 valence electrons. The summed E-state index contributed by atoms with van der Waals surface area (Å²) in [5.74, 6) is 0.551. The normalized spacial score (nSPS) is 23.4. The van der Waals surface area contributed by atoms with Crippen LogP contribution in [0.5, 0.6) is 0 Å². The molecule has 1 aliphatic heterocycles. The lowest BCUT2D eigenvalue weighted by Crippen LogP contribution is -2.42. The molecule has 2 unspecified atom stereocenters. The number of nitrogens with two attached hydrogens (primary N) is 1. The molecule has 3 rings (SSSR count). The second kappa shape index (κ2) is 6.01. The summed E-state index contributed by atoms with van der Waals surface area (Å²) >= 11 is 1.89. The van der Waals surface area contributed by atoms with Gasteiger partial charge in [-0.25, -0.2) is 0 Å². The van der Waals surface area contributed by atoms with E-state index in [4.69, 9.17) is 10.5 Å². The number of carbonyl (C=O) groups is 1. The van der Waals surface area contributed by atoms with Crippen LogP contribution in [0.15, 0.2) is 29.2 Å². The summed E-state index contributed by atoms with van der Waals surface area (Å²) < 4.78 is 5.09. The topological polar surface area (TPSA) is 52.3 Å². The van der Waals surface area contributed by atoms with E-state index in [1.54, 1.807) is 0 Å². The summed E-state index contributed by atoms with van der Waals surface area (Å²) in [4.78, 5) is 13.7. The van der Waals surface area contributed by atoms with Gasteiger partial charge in [0, 0.05) is 16.7 Å². The molecule has 0 aromatic heterocycles. The Bertz CT molecular complexity index is 504. The van der Waals surface area contributed by atoms with E-state index < -0.39 is 5.41 Å². The third kappa shape index (κ3) is 3.11. The average molecular weight is 305 g/mol. The highest BCUT2D eigenvalue weighted by Crippen LogP contribution is 2.47. The molecule has 0 amide bonds. The van der Waals surface area contributed by atoms with Crippen molar-refractivity contribution in [3.63, 3.8) is 0 Å². The van der Waals surface area contributed by atoms with Crippen molar-refractivity contribution in [2.75, 3.05) is 13.7 Å². The monoisotopic (exact) mass is 305 g/mol. The van der Waals surface area contributed by atoms with Crippen LogP contribution in [0.4, 0.5) is 0 Å². The Morgan fingerprint density at radius 2 is 2.14 bits per heavy atom. The molecule has 4 heteroatoms. The number of rotatable bonds is 6. The van der Waals surface area contributed by atoms with Crippen LogP contribution in [0, 0.1) is 11.3 Å². The maximum Gasteiger partial charge on any atom is 0.313 e. The van der Waals surface area contributed by atoms with Gasteiger partial charge in [-0.2, -0.15) is 0 Å². The fourth-order valence-corrected chi connectivity index (χ4v) is 4.88. The van der Waals surface area contributed by atoms with Gasteiger partial charge in [-0.3, -0.25) is 4.79 Å². The van der Waals surface area contributed by atoms with Gasteiger partial charge in [0.05, 0.1) is 12.5 Å². The van der Waals surface area contributed by atoms with E-state index in [-0.39, 0.29) is 5.97 Å². The van der Waals surface area contributed by atoms with E-state index in [9.17, 15) is 4.79 Å². The molecule has 0 radical (unpaired) electrons. The molecule has 1 saturated carbocycles. The summed E-state index contributed by atoms with van der Waals surface area (Å²) in [6.45, 7) is 0.392. The van der Waals surface area contributed by atoms with E-state index in [1.165, 1.54) is 30.4 Å². The van der Waals surface area contributed by atoms with Crippen LogP contribution in [-0.4, -0.2) is 24.9 Å². The molecular formula is C17H23NO2S. The molecule has 2 atom stereocenters. The Morgan fingerprint density at radius 3 is 2.76 bits per heavy atom. The van der Waals surface area contributed by atoms with E-state index in [1.807, 2.05) is 11.8 Å². The van der Waals surface area contributed by atoms with Gasteiger partial charge in [0.1, 0.15) is 0 Å². The lowest BCUT2D eigenvalue weighted by Gasteiger charge is -2.32. The third-order valence-electron chi connectivity index (χ3n) is 4.72. The van der Waals surface area contributed by atoms with Gasteiger partial charge >= 0.3 is 5.97 Å². The Balaban J connectivity index is 1.74. The van der Waals surface area contributed by atoms with Crippen LogP contribution >= 0.6 is 11.8 Å². The smallest absolute Gasteiger partial charge is 0.313 e. The zero-order chi connectivity index (χ0) is 14.9. The highest BCUT2D eigenvalue weighted by molar-refractivity contribution is 8.00. The molecule has 0 saturated heterocycles. The number of ether oxygens (including phenoxy) is 1. The first-order valence-corrected chi connectivity index (χ1v) is 8.58.